The molecule has 0 atom stereocenters. The van der Waals surface area contributed by atoms with E-state index in [0.29, 0.717) is 33.6 Å². The molecule has 2 heterocycles. The monoisotopic (exact) mass is 577 g/mol. The molecular weight excluding hydrogens is 543 g/mol. The van der Waals surface area contributed by atoms with Gasteiger partial charge in [0.15, 0.2) is 0 Å². The van der Waals surface area contributed by atoms with Crippen molar-refractivity contribution in [1.29, 1.82) is 0 Å². The average Bonchev–Trinajstić information content (AvgIpc) is 3.31. The zero-order valence-corrected chi connectivity index (χ0v) is 25.3. The number of esters is 2. The van der Waals surface area contributed by atoms with Crippen LogP contribution in [-0.4, -0.2) is 48.1 Å². The number of benzene rings is 1. The summed E-state index contributed by atoms with van der Waals surface area (Å²) in [7, 11) is 0. The Bertz CT molecular complexity index is 1160. The Labute approximate surface area is 238 Å². The van der Waals surface area contributed by atoms with Crippen LogP contribution in [0.25, 0.3) is 5.57 Å². The van der Waals surface area contributed by atoms with Gasteiger partial charge in [-0.3, -0.25) is 4.79 Å². The van der Waals surface area contributed by atoms with Gasteiger partial charge >= 0.3 is 11.9 Å². The van der Waals surface area contributed by atoms with E-state index in [2.05, 4.69) is 6.92 Å². The summed E-state index contributed by atoms with van der Waals surface area (Å²) in [5.74, 6) is -0.516. The number of amides is 1. The first-order valence-electron chi connectivity index (χ1n) is 13.0. The fourth-order valence-corrected chi connectivity index (χ4v) is 7.33. The Hall–Kier alpha value is -2.30. The predicted octanol–water partition coefficient (Wildman–Crippen LogP) is 6.65. The van der Waals surface area contributed by atoms with E-state index in [1.165, 1.54) is 0 Å². The molecule has 38 heavy (non-hydrogen) atoms. The van der Waals surface area contributed by atoms with Crippen molar-refractivity contribution < 1.29 is 28.6 Å². The number of rotatable bonds is 10. The lowest BCUT2D eigenvalue weighted by Crippen LogP contribution is -2.55. The van der Waals surface area contributed by atoms with Gasteiger partial charge in [-0.1, -0.05) is 55.5 Å². The number of ether oxygens (including phenoxy) is 3. The maximum atomic E-state index is 13.6. The summed E-state index contributed by atoms with van der Waals surface area (Å²) in [4.78, 5) is 41.9. The molecule has 1 amide bonds. The molecule has 0 saturated carbocycles. The number of thioether (sulfide) groups is 2. The second kappa shape index (κ2) is 13.2. The van der Waals surface area contributed by atoms with Crippen LogP contribution in [0.4, 0.5) is 5.69 Å². The topological polar surface area (TPSA) is 82.1 Å². The lowest BCUT2D eigenvalue weighted by molar-refractivity contribution is -0.140. The molecule has 0 fully saturated rings. The summed E-state index contributed by atoms with van der Waals surface area (Å²) in [6, 6.07) is 5.61. The normalized spacial score (nSPS) is 16.5. The van der Waals surface area contributed by atoms with Crippen molar-refractivity contribution in [3.63, 3.8) is 0 Å². The summed E-state index contributed by atoms with van der Waals surface area (Å²) < 4.78 is 16.9. The molecule has 2 aliphatic heterocycles. The number of anilines is 1. The van der Waals surface area contributed by atoms with Gasteiger partial charge in [0.25, 0.3) is 0 Å². The van der Waals surface area contributed by atoms with Crippen LogP contribution in [0, 0.1) is 0 Å². The van der Waals surface area contributed by atoms with Crippen molar-refractivity contribution in [2.24, 2.45) is 0 Å². The van der Waals surface area contributed by atoms with Crippen molar-refractivity contribution in [2.45, 2.75) is 72.8 Å². The summed E-state index contributed by atoms with van der Waals surface area (Å²) in [5, 5.41) is 0. The summed E-state index contributed by atoms with van der Waals surface area (Å²) >= 11 is 8.36. The standard InChI is InChI=1S/C28H35NO6S3/c1-7-11-12-13-20(30)29-19-16-17(33-8-2)14-15-18(19)21(24(36)28(29,5)6)27-37-22(25(31)34-9-3)23(38-27)26(32)35-10-4/h14-16H,7-13H2,1-6H3. The maximum absolute atomic E-state index is 13.6. The molecule has 0 unspecified atom stereocenters. The second-order valence-electron chi connectivity index (χ2n) is 9.15. The van der Waals surface area contributed by atoms with Crippen LogP contribution < -0.4 is 9.64 Å². The lowest BCUT2D eigenvalue weighted by atomic mass is 9.83. The largest absolute Gasteiger partial charge is 0.494 e. The van der Waals surface area contributed by atoms with E-state index in [0.717, 1.165) is 53.9 Å². The van der Waals surface area contributed by atoms with E-state index in [1.54, 1.807) is 18.7 Å². The zero-order valence-electron chi connectivity index (χ0n) is 22.8. The molecular formula is C28H35NO6S3. The van der Waals surface area contributed by atoms with Crippen LogP contribution in [0.15, 0.2) is 32.2 Å². The fraction of sp³-hybridized carbons (Fsp3) is 0.500. The van der Waals surface area contributed by atoms with Gasteiger partial charge in [0.05, 0.1) is 40.1 Å². The van der Waals surface area contributed by atoms with Crippen LogP contribution in [0.2, 0.25) is 0 Å². The minimum absolute atomic E-state index is 0.00553. The van der Waals surface area contributed by atoms with Crippen LogP contribution in [0.3, 0.4) is 0 Å². The van der Waals surface area contributed by atoms with E-state index in [-0.39, 0.29) is 28.9 Å². The van der Waals surface area contributed by atoms with E-state index in [9.17, 15) is 14.4 Å². The molecule has 1 aromatic carbocycles. The van der Waals surface area contributed by atoms with Crippen molar-refractivity contribution in [3.05, 3.63) is 37.8 Å². The molecule has 2 aliphatic rings. The highest BCUT2D eigenvalue weighted by Crippen LogP contribution is 2.56. The molecule has 0 bridgehead atoms. The summed E-state index contributed by atoms with van der Waals surface area (Å²) in [5.41, 5.74) is 1.33. The number of unbranched alkanes of at least 4 members (excludes halogenated alkanes) is 2. The summed E-state index contributed by atoms with van der Waals surface area (Å²) in [6.07, 6.45) is 3.20. The van der Waals surface area contributed by atoms with E-state index < -0.39 is 17.5 Å². The molecule has 1 aromatic rings. The number of carbonyl (C=O) groups excluding carboxylic acids is 3. The van der Waals surface area contributed by atoms with Gasteiger partial charge in [0.2, 0.25) is 5.91 Å². The number of hydrogen-bond acceptors (Lipinski definition) is 9. The molecule has 0 radical (unpaired) electrons. The van der Waals surface area contributed by atoms with Crippen molar-refractivity contribution in [3.8, 4) is 5.75 Å². The van der Waals surface area contributed by atoms with Gasteiger partial charge in [-0.05, 0) is 53.2 Å². The molecule has 206 valence electrons. The van der Waals surface area contributed by atoms with Gasteiger partial charge in [-0.2, -0.15) is 0 Å². The van der Waals surface area contributed by atoms with E-state index in [1.807, 2.05) is 39.0 Å². The Balaban J connectivity index is 2.18. The highest BCUT2D eigenvalue weighted by Gasteiger charge is 2.46. The van der Waals surface area contributed by atoms with Crippen molar-refractivity contribution in [1.82, 2.24) is 0 Å². The maximum Gasteiger partial charge on any atom is 0.346 e. The van der Waals surface area contributed by atoms with Gasteiger partial charge < -0.3 is 19.1 Å². The van der Waals surface area contributed by atoms with Crippen LogP contribution in [-0.2, 0) is 23.9 Å². The van der Waals surface area contributed by atoms with Gasteiger partial charge in [0.1, 0.15) is 15.6 Å². The lowest BCUT2D eigenvalue weighted by Gasteiger charge is -2.45. The second-order valence-corrected chi connectivity index (χ2v) is 11.9. The quantitative estimate of drug-likeness (QED) is 0.131. The predicted molar refractivity (Wildman–Crippen MR) is 158 cm³/mol. The minimum atomic E-state index is -0.837. The Kier molecular flexibility index (Phi) is 10.5. The Morgan fingerprint density at radius 1 is 0.921 bits per heavy atom. The number of fused-ring (bicyclic) bond motifs is 1. The average molecular weight is 578 g/mol. The molecule has 7 nitrogen and oxygen atoms in total. The van der Waals surface area contributed by atoms with Gasteiger partial charge in [-0.25, -0.2) is 9.59 Å². The van der Waals surface area contributed by atoms with Gasteiger partial charge in [-0.15, -0.1) is 0 Å². The highest BCUT2D eigenvalue weighted by molar-refractivity contribution is 8.29. The molecule has 3 rings (SSSR count). The third-order valence-corrected chi connectivity index (χ3v) is 9.36. The fourth-order valence-electron chi connectivity index (χ4n) is 4.34. The molecule has 0 N–H and O–H groups in total. The minimum Gasteiger partial charge on any atom is -0.494 e. The molecule has 0 saturated heterocycles. The first kappa shape index (κ1) is 30.2. The number of nitrogens with zero attached hydrogens (tertiary/aromatic N) is 1. The first-order valence-corrected chi connectivity index (χ1v) is 15.0. The molecule has 0 aromatic heterocycles. The van der Waals surface area contributed by atoms with Crippen molar-refractivity contribution in [2.75, 3.05) is 24.7 Å². The zero-order chi connectivity index (χ0) is 28.0. The van der Waals surface area contributed by atoms with Crippen molar-refractivity contribution >= 4 is 69.7 Å². The van der Waals surface area contributed by atoms with Crippen LogP contribution in [0.1, 0.15) is 72.8 Å². The Morgan fingerprint density at radius 3 is 2.05 bits per heavy atom. The molecule has 0 aliphatic carbocycles. The van der Waals surface area contributed by atoms with Crippen LogP contribution >= 0.6 is 35.7 Å². The summed E-state index contributed by atoms with van der Waals surface area (Å²) in [6.45, 7) is 12.1. The number of hydrogen-bond donors (Lipinski definition) is 0. The van der Waals surface area contributed by atoms with E-state index >= 15 is 0 Å². The third kappa shape index (κ3) is 6.13. The van der Waals surface area contributed by atoms with Gasteiger partial charge in [0, 0.05) is 23.6 Å². The molecule has 0 spiro atoms. The third-order valence-electron chi connectivity index (χ3n) is 6.10. The number of carbonyl (C=O) groups is 3. The smallest absolute Gasteiger partial charge is 0.346 e. The van der Waals surface area contributed by atoms with E-state index in [4.69, 9.17) is 26.4 Å². The first-order chi connectivity index (χ1) is 18.1. The van der Waals surface area contributed by atoms with Crippen LogP contribution in [0.5, 0.6) is 5.75 Å². The SMILES string of the molecule is CCCCCC(=O)N1c2cc(OCC)ccc2C(=C2SC(C(=O)OCC)=C(C(=O)OCC)S2)C(=S)C1(C)C. The number of thiocarbonyl (C=S) groups is 1. The Morgan fingerprint density at radius 2 is 1.53 bits per heavy atom. The molecule has 10 heteroatoms. The highest BCUT2D eigenvalue weighted by atomic mass is 32.2.